The summed E-state index contributed by atoms with van der Waals surface area (Å²) >= 11 is 0. The number of fused-ring (bicyclic) bond motifs is 2. The highest BCUT2D eigenvalue weighted by atomic mass is 19.1. The summed E-state index contributed by atoms with van der Waals surface area (Å²) in [7, 11) is 0. The number of nitrogens with zero attached hydrogens (tertiary/aromatic N) is 5. The lowest BCUT2D eigenvalue weighted by Gasteiger charge is -2.22. The lowest BCUT2D eigenvalue weighted by molar-refractivity contribution is -0.120. The molecule has 6 rings (SSSR count). The van der Waals surface area contributed by atoms with Crippen LogP contribution in [0.1, 0.15) is 11.1 Å². The van der Waals surface area contributed by atoms with Crippen molar-refractivity contribution in [1.29, 1.82) is 0 Å². The summed E-state index contributed by atoms with van der Waals surface area (Å²) in [6, 6.07) is 12.0. The minimum absolute atomic E-state index is 0.151. The highest BCUT2D eigenvalue weighted by molar-refractivity contribution is 5.97. The van der Waals surface area contributed by atoms with Crippen molar-refractivity contribution in [2.45, 2.75) is 19.5 Å². The van der Waals surface area contributed by atoms with Crippen molar-refractivity contribution in [3.8, 4) is 0 Å². The maximum Gasteiger partial charge on any atom is 0.243 e. The van der Waals surface area contributed by atoms with E-state index >= 15 is 0 Å². The fraction of sp³-hybridized carbons (Fsp3) is 0.231. The number of hydrogen-bond donors (Lipinski definition) is 3. The maximum absolute atomic E-state index is 13.6. The Kier molecular flexibility index (Phi) is 5.99. The molecular weight excluding hydrogens is 475 g/mol. The van der Waals surface area contributed by atoms with Crippen LogP contribution in [-0.4, -0.2) is 56.1 Å². The topological polar surface area (TPSA) is 110 Å². The molecule has 1 fully saturated rings. The van der Waals surface area contributed by atoms with E-state index in [1.54, 1.807) is 23.0 Å². The first-order chi connectivity index (χ1) is 18.0. The van der Waals surface area contributed by atoms with E-state index in [4.69, 9.17) is 4.74 Å². The molecule has 3 aromatic heterocycles. The van der Waals surface area contributed by atoms with Gasteiger partial charge in [0.2, 0.25) is 5.91 Å². The third-order valence-corrected chi connectivity index (χ3v) is 6.45. The molecule has 188 valence electrons. The minimum atomic E-state index is -0.395. The summed E-state index contributed by atoms with van der Waals surface area (Å²) in [6.07, 6.45) is 5.03. The van der Waals surface area contributed by atoms with Crippen molar-refractivity contribution in [3.05, 3.63) is 78.1 Å². The number of hydrogen-bond acceptors (Lipinski definition) is 7. The van der Waals surface area contributed by atoms with Crippen LogP contribution in [0.5, 0.6) is 0 Å². The van der Waals surface area contributed by atoms with E-state index in [0.717, 1.165) is 33.2 Å². The Balaban J connectivity index is 1.24. The number of morpholine rings is 1. The molecule has 1 aliphatic rings. The fourth-order valence-corrected chi connectivity index (χ4v) is 4.57. The molecule has 2 aromatic carbocycles. The monoisotopic (exact) mass is 500 g/mol. The van der Waals surface area contributed by atoms with Gasteiger partial charge in [0.05, 0.1) is 43.4 Å². The number of halogens is 1. The summed E-state index contributed by atoms with van der Waals surface area (Å²) < 4.78 is 22.5. The quantitative estimate of drug-likeness (QED) is 0.328. The lowest BCUT2D eigenvalue weighted by Crippen LogP contribution is -2.48. The van der Waals surface area contributed by atoms with E-state index in [9.17, 15) is 9.18 Å². The largest absolute Gasteiger partial charge is 0.378 e. The van der Waals surface area contributed by atoms with Crippen LogP contribution in [-0.2, 0) is 16.1 Å². The maximum atomic E-state index is 13.6. The van der Waals surface area contributed by atoms with E-state index in [2.05, 4.69) is 31.1 Å². The predicted octanol–water partition coefficient (Wildman–Crippen LogP) is 3.25. The molecule has 5 aromatic rings. The van der Waals surface area contributed by atoms with Gasteiger partial charge in [0.15, 0.2) is 5.82 Å². The average molecular weight is 501 g/mol. The molecule has 4 heterocycles. The van der Waals surface area contributed by atoms with E-state index in [-0.39, 0.29) is 11.7 Å². The molecular formula is C26H25FN8O2. The Morgan fingerprint density at radius 2 is 2.16 bits per heavy atom. The molecule has 0 spiro atoms. The van der Waals surface area contributed by atoms with Crippen molar-refractivity contribution < 1.29 is 13.9 Å². The van der Waals surface area contributed by atoms with Gasteiger partial charge < -0.3 is 20.7 Å². The Morgan fingerprint density at radius 1 is 1.24 bits per heavy atom. The molecule has 1 saturated heterocycles. The molecule has 1 unspecified atom stereocenters. The van der Waals surface area contributed by atoms with E-state index in [0.29, 0.717) is 37.8 Å². The predicted molar refractivity (Wildman–Crippen MR) is 137 cm³/mol. The van der Waals surface area contributed by atoms with Gasteiger partial charge in [-0.05, 0) is 42.8 Å². The van der Waals surface area contributed by atoms with Gasteiger partial charge in [0.25, 0.3) is 0 Å². The van der Waals surface area contributed by atoms with Gasteiger partial charge in [-0.1, -0.05) is 12.1 Å². The lowest BCUT2D eigenvalue weighted by atomic mass is 10.2. The third kappa shape index (κ3) is 4.61. The van der Waals surface area contributed by atoms with Crippen LogP contribution < -0.4 is 16.0 Å². The molecule has 3 N–H and O–H groups in total. The van der Waals surface area contributed by atoms with Crippen LogP contribution in [0.15, 0.2) is 61.2 Å². The number of anilines is 3. The van der Waals surface area contributed by atoms with E-state index < -0.39 is 6.04 Å². The summed E-state index contributed by atoms with van der Waals surface area (Å²) in [5.41, 5.74) is 4.87. The fourth-order valence-electron chi connectivity index (χ4n) is 4.57. The number of carbonyl (C=O) groups is 1. The second-order valence-corrected chi connectivity index (χ2v) is 8.97. The number of amides is 1. The smallest absolute Gasteiger partial charge is 0.243 e. The number of carbonyl (C=O) groups excluding carboxylic acids is 1. The van der Waals surface area contributed by atoms with Gasteiger partial charge >= 0.3 is 0 Å². The first kappa shape index (κ1) is 23.1. The molecule has 11 heteroatoms. The number of ether oxygens (including phenoxy) is 1. The Bertz CT molecular complexity index is 1610. The Hall–Kier alpha value is -4.35. The van der Waals surface area contributed by atoms with Gasteiger partial charge in [-0.15, -0.1) is 0 Å². The number of nitrogens with one attached hydrogen (secondary N) is 3. The standard InChI is InChI=1S/C26H25FN8O2/c1-16-21(33-26(36)22-14-37-8-7-28-22)13-35-24(16)25(29-15-31-35)32-20-5-6-23-18(10-20)11-30-34(23)12-17-3-2-4-19(27)9-17/h2-6,9-11,13,15,22,28H,7-8,12,14H2,1H3,(H,33,36)(H,29,31,32). The van der Waals surface area contributed by atoms with Crippen molar-refractivity contribution in [2.75, 3.05) is 30.4 Å². The number of rotatable bonds is 6. The van der Waals surface area contributed by atoms with Gasteiger partial charge in [-0.3, -0.25) is 9.48 Å². The molecule has 0 bridgehead atoms. The number of aryl methyl sites for hydroxylation is 1. The van der Waals surface area contributed by atoms with Crippen LogP contribution in [0.25, 0.3) is 16.4 Å². The van der Waals surface area contributed by atoms with E-state index in [1.165, 1.54) is 18.5 Å². The highest BCUT2D eigenvalue weighted by Gasteiger charge is 2.23. The average Bonchev–Trinajstić information content (AvgIpc) is 3.45. The molecule has 0 aliphatic carbocycles. The van der Waals surface area contributed by atoms with Gasteiger partial charge in [0, 0.05) is 23.2 Å². The van der Waals surface area contributed by atoms with Crippen LogP contribution in [0.3, 0.4) is 0 Å². The highest BCUT2D eigenvalue weighted by Crippen LogP contribution is 2.29. The Labute approximate surface area is 211 Å². The molecule has 10 nitrogen and oxygen atoms in total. The first-order valence-corrected chi connectivity index (χ1v) is 12.0. The summed E-state index contributed by atoms with van der Waals surface area (Å²) in [5.74, 6) is 0.195. The number of aromatic nitrogens is 5. The molecule has 0 radical (unpaired) electrons. The van der Waals surface area contributed by atoms with E-state index in [1.807, 2.05) is 35.9 Å². The van der Waals surface area contributed by atoms with Crippen LogP contribution in [0.4, 0.5) is 21.6 Å². The van der Waals surface area contributed by atoms with Crippen molar-refractivity contribution >= 4 is 39.5 Å². The molecule has 0 saturated carbocycles. The second kappa shape index (κ2) is 9.60. The van der Waals surface area contributed by atoms with Gasteiger partial charge in [-0.25, -0.2) is 13.9 Å². The van der Waals surface area contributed by atoms with Crippen molar-refractivity contribution in [2.24, 2.45) is 0 Å². The third-order valence-electron chi connectivity index (χ3n) is 6.45. The molecule has 37 heavy (non-hydrogen) atoms. The molecule has 1 aliphatic heterocycles. The Morgan fingerprint density at radius 3 is 3.00 bits per heavy atom. The zero-order valence-corrected chi connectivity index (χ0v) is 20.1. The van der Waals surface area contributed by atoms with Crippen LogP contribution in [0, 0.1) is 12.7 Å². The summed E-state index contributed by atoms with van der Waals surface area (Å²) in [4.78, 5) is 17.1. The first-order valence-electron chi connectivity index (χ1n) is 12.0. The van der Waals surface area contributed by atoms with Crippen LogP contribution >= 0.6 is 0 Å². The number of benzene rings is 2. The normalized spacial score (nSPS) is 15.8. The van der Waals surface area contributed by atoms with Gasteiger partial charge in [0.1, 0.15) is 23.7 Å². The minimum Gasteiger partial charge on any atom is -0.378 e. The second-order valence-electron chi connectivity index (χ2n) is 8.97. The van der Waals surface area contributed by atoms with Crippen LogP contribution in [0.2, 0.25) is 0 Å². The summed E-state index contributed by atoms with van der Waals surface area (Å²) in [6.45, 7) is 3.97. The SMILES string of the molecule is Cc1c(NC(=O)C2COCCN2)cn2ncnc(Nc3ccc4c(cnn4Cc4cccc(F)c4)c3)c12. The van der Waals surface area contributed by atoms with Gasteiger partial charge in [-0.2, -0.15) is 10.2 Å². The zero-order chi connectivity index (χ0) is 25.4. The molecule has 1 atom stereocenters. The van der Waals surface area contributed by atoms with Crippen molar-refractivity contribution in [3.63, 3.8) is 0 Å². The zero-order valence-electron chi connectivity index (χ0n) is 20.1. The molecule has 1 amide bonds. The summed E-state index contributed by atoms with van der Waals surface area (Å²) in [5, 5.41) is 19.3. The van der Waals surface area contributed by atoms with Crippen molar-refractivity contribution in [1.82, 2.24) is 29.7 Å².